The van der Waals surface area contributed by atoms with Crippen LogP contribution in [0, 0.1) is 0 Å². The van der Waals surface area contributed by atoms with Gasteiger partial charge in [-0.05, 0) is 37.8 Å². The van der Waals surface area contributed by atoms with Crippen LogP contribution in [-0.2, 0) is 17.8 Å². The molecular weight excluding hydrogens is 292 g/mol. The van der Waals surface area contributed by atoms with Crippen molar-refractivity contribution in [2.45, 2.75) is 50.8 Å². The Morgan fingerprint density at radius 2 is 2.09 bits per heavy atom. The summed E-state index contributed by atoms with van der Waals surface area (Å²) in [5, 5.41) is 8.39. The van der Waals surface area contributed by atoms with Gasteiger partial charge >= 0.3 is 0 Å². The first kappa shape index (κ1) is 14.8. The van der Waals surface area contributed by atoms with Crippen molar-refractivity contribution in [2.24, 2.45) is 0 Å². The standard InChI is InChI=1S/C17H22N4O2/c1-2-8-18-14(4-1)10-21(11-15-5-3-9-22-15)12-16-19-20-17(23-16)13-6-7-13/h1-2,4,8,13,15H,3,5-7,9-12H2/t15-/m1/s1. The van der Waals surface area contributed by atoms with Gasteiger partial charge in [0, 0.05) is 31.8 Å². The predicted molar refractivity (Wildman–Crippen MR) is 83.6 cm³/mol. The van der Waals surface area contributed by atoms with Gasteiger partial charge < -0.3 is 9.15 Å². The first-order valence-corrected chi connectivity index (χ1v) is 8.43. The highest BCUT2D eigenvalue weighted by Gasteiger charge is 2.30. The van der Waals surface area contributed by atoms with Gasteiger partial charge in [0.25, 0.3) is 0 Å². The van der Waals surface area contributed by atoms with Gasteiger partial charge in [-0.3, -0.25) is 9.88 Å². The summed E-state index contributed by atoms with van der Waals surface area (Å²) in [7, 11) is 0. The highest BCUT2D eigenvalue weighted by atomic mass is 16.5. The molecule has 0 unspecified atom stereocenters. The van der Waals surface area contributed by atoms with Crippen molar-refractivity contribution in [1.29, 1.82) is 0 Å². The molecule has 0 N–H and O–H groups in total. The van der Waals surface area contributed by atoms with Crippen molar-refractivity contribution < 1.29 is 9.15 Å². The Labute approximate surface area is 135 Å². The van der Waals surface area contributed by atoms with Crippen molar-refractivity contribution in [3.05, 3.63) is 41.9 Å². The van der Waals surface area contributed by atoms with E-state index in [4.69, 9.17) is 9.15 Å². The molecule has 0 spiro atoms. The van der Waals surface area contributed by atoms with E-state index in [9.17, 15) is 0 Å². The normalized spacial score (nSPS) is 21.2. The molecule has 4 rings (SSSR count). The first-order chi connectivity index (χ1) is 11.4. The lowest BCUT2D eigenvalue weighted by molar-refractivity contribution is 0.0642. The third kappa shape index (κ3) is 3.95. The molecule has 2 aromatic rings. The second kappa shape index (κ2) is 6.76. The summed E-state index contributed by atoms with van der Waals surface area (Å²) in [4.78, 5) is 6.72. The number of hydrogen-bond donors (Lipinski definition) is 0. The number of nitrogens with zero attached hydrogens (tertiary/aromatic N) is 4. The van der Waals surface area contributed by atoms with Crippen LogP contribution in [0.1, 0.15) is 49.1 Å². The Hall–Kier alpha value is -1.79. The molecule has 1 aliphatic heterocycles. The minimum atomic E-state index is 0.296. The Morgan fingerprint density at radius 1 is 1.13 bits per heavy atom. The van der Waals surface area contributed by atoms with E-state index in [1.807, 2.05) is 24.4 Å². The van der Waals surface area contributed by atoms with Gasteiger partial charge in [0.2, 0.25) is 11.8 Å². The molecule has 1 saturated heterocycles. The third-order valence-electron chi connectivity index (χ3n) is 4.37. The highest BCUT2D eigenvalue weighted by molar-refractivity contribution is 5.04. The maximum Gasteiger partial charge on any atom is 0.230 e. The molecule has 3 heterocycles. The zero-order valence-electron chi connectivity index (χ0n) is 13.2. The fraction of sp³-hybridized carbons (Fsp3) is 0.588. The van der Waals surface area contributed by atoms with Crippen LogP contribution >= 0.6 is 0 Å². The monoisotopic (exact) mass is 314 g/mol. The number of rotatable bonds is 7. The first-order valence-electron chi connectivity index (χ1n) is 8.43. The van der Waals surface area contributed by atoms with Gasteiger partial charge in [-0.15, -0.1) is 10.2 Å². The summed E-state index contributed by atoms with van der Waals surface area (Å²) in [6.45, 7) is 3.16. The topological polar surface area (TPSA) is 64.3 Å². The lowest BCUT2D eigenvalue weighted by atomic mass is 10.2. The predicted octanol–water partition coefficient (Wildman–Crippen LogP) is 2.52. The zero-order valence-corrected chi connectivity index (χ0v) is 13.2. The van der Waals surface area contributed by atoms with Crippen LogP contribution in [-0.4, -0.2) is 39.3 Å². The maximum atomic E-state index is 5.82. The number of hydrogen-bond acceptors (Lipinski definition) is 6. The van der Waals surface area contributed by atoms with Crippen LogP contribution in [0.5, 0.6) is 0 Å². The Bertz CT molecular complexity index is 621. The van der Waals surface area contributed by atoms with Gasteiger partial charge in [-0.1, -0.05) is 6.07 Å². The second-order valence-electron chi connectivity index (χ2n) is 6.43. The molecule has 122 valence electrons. The number of ether oxygens (including phenoxy) is 1. The Morgan fingerprint density at radius 3 is 2.83 bits per heavy atom. The van der Waals surface area contributed by atoms with E-state index in [-0.39, 0.29) is 0 Å². The maximum absolute atomic E-state index is 5.82. The summed E-state index contributed by atoms with van der Waals surface area (Å²) < 4.78 is 11.6. The molecule has 2 fully saturated rings. The quantitative estimate of drug-likeness (QED) is 0.782. The number of pyridine rings is 1. The van der Waals surface area contributed by atoms with Gasteiger partial charge in [-0.25, -0.2) is 0 Å². The van der Waals surface area contributed by atoms with Crippen molar-refractivity contribution in [1.82, 2.24) is 20.1 Å². The fourth-order valence-corrected chi connectivity index (χ4v) is 3.00. The van der Waals surface area contributed by atoms with Crippen LogP contribution in [0.15, 0.2) is 28.8 Å². The molecule has 0 amide bonds. The highest BCUT2D eigenvalue weighted by Crippen LogP contribution is 2.39. The molecule has 1 atom stereocenters. The van der Waals surface area contributed by atoms with Gasteiger partial charge in [0.1, 0.15) is 0 Å². The van der Waals surface area contributed by atoms with Crippen LogP contribution in [0.3, 0.4) is 0 Å². The Balaban J connectivity index is 1.43. The summed E-state index contributed by atoms with van der Waals surface area (Å²) in [5.74, 6) is 1.99. The molecule has 6 nitrogen and oxygen atoms in total. The largest absolute Gasteiger partial charge is 0.424 e. The van der Waals surface area contributed by atoms with E-state index >= 15 is 0 Å². The molecule has 0 bridgehead atoms. The molecule has 0 aromatic carbocycles. The molecule has 2 aliphatic rings. The lowest BCUT2D eigenvalue weighted by Gasteiger charge is -2.23. The van der Waals surface area contributed by atoms with Crippen LogP contribution < -0.4 is 0 Å². The van der Waals surface area contributed by atoms with Gasteiger partial charge in [-0.2, -0.15) is 0 Å². The van der Waals surface area contributed by atoms with Crippen molar-refractivity contribution >= 4 is 0 Å². The lowest BCUT2D eigenvalue weighted by Crippen LogP contribution is -2.31. The van der Waals surface area contributed by atoms with E-state index in [0.717, 1.165) is 44.1 Å². The molecule has 0 radical (unpaired) electrons. The minimum absolute atomic E-state index is 0.296. The van der Waals surface area contributed by atoms with Gasteiger partial charge in [0.05, 0.1) is 18.3 Å². The average Bonchev–Trinajstić information content (AvgIpc) is 3.09. The van der Waals surface area contributed by atoms with E-state index in [1.54, 1.807) is 0 Å². The molecule has 6 heteroatoms. The number of aromatic nitrogens is 3. The van der Waals surface area contributed by atoms with Crippen molar-refractivity contribution in [3.63, 3.8) is 0 Å². The van der Waals surface area contributed by atoms with Gasteiger partial charge in [0.15, 0.2) is 0 Å². The summed E-state index contributed by atoms with van der Waals surface area (Å²) in [6, 6.07) is 6.00. The SMILES string of the molecule is c1ccc(CN(Cc2nnc(C3CC3)o2)C[C@H]2CCCO2)nc1. The van der Waals surface area contributed by atoms with E-state index in [0.29, 0.717) is 24.5 Å². The summed E-state index contributed by atoms with van der Waals surface area (Å²) in [5.41, 5.74) is 1.05. The van der Waals surface area contributed by atoms with E-state index < -0.39 is 0 Å². The van der Waals surface area contributed by atoms with E-state index in [2.05, 4.69) is 20.1 Å². The second-order valence-corrected chi connectivity index (χ2v) is 6.43. The molecule has 2 aromatic heterocycles. The average molecular weight is 314 g/mol. The van der Waals surface area contributed by atoms with Crippen LogP contribution in [0.4, 0.5) is 0 Å². The van der Waals surface area contributed by atoms with E-state index in [1.165, 1.54) is 12.8 Å². The molecule has 1 saturated carbocycles. The molecular formula is C17H22N4O2. The third-order valence-corrected chi connectivity index (χ3v) is 4.37. The van der Waals surface area contributed by atoms with Crippen LogP contribution in [0.25, 0.3) is 0 Å². The Kier molecular flexibility index (Phi) is 4.35. The molecule has 1 aliphatic carbocycles. The van der Waals surface area contributed by atoms with Crippen molar-refractivity contribution in [2.75, 3.05) is 13.2 Å². The summed E-state index contributed by atoms with van der Waals surface area (Å²) in [6.07, 6.45) is 6.75. The van der Waals surface area contributed by atoms with Crippen LogP contribution in [0.2, 0.25) is 0 Å². The smallest absolute Gasteiger partial charge is 0.230 e. The fourth-order valence-electron chi connectivity index (χ4n) is 3.00. The zero-order chi connectivity index (χ0) is 15.5. The summed E-state index contributed by atoms with van der Waals surface area (Å²) >= 11 is 0. The minimum Gasteiger partial charge on any atom is -0.424 e. The van der Waals surface area contributed by atoms with Crippen molar-refractivity contribution in [3.8, 4) is 0 Å². The molecule has 23 heavy (non-hydrogen) atoms.